The molecule has 0 aliphatic heterocycles. The summed E-state index contributed by atoms with van der Waals surface area (Å²) in [4.78, 5) is 0. The van der Waals surface area contributed by atoms with E-state index in [9.17, 15) is 13.5 Å². The molecule has 0 radical (unpaired) electrons. The molecule has 0 fully saturated rings. The molecule has 0 unspecified atom stereocenters. The molecule has 1 rings (SSSR count). The average Bonchev–Trinajstić information content (AvgIpc) is 2.29. The van der Waals surface area contributed by atoms with Gasteiger partial charge in [-0.25, -0.2) is 8.42 Å². The number of aliphatic hydroxyl groups is 1. The number of aliphatic hydroxyl groups excluding tert-OH is 1. The Hall–Kier alpha value is -1.17. The molecular formula is C13H18O4S. The fourth-order valence-electron chi connectivity index (χ4n) is 1.52. The summed E-state index contributed by atoms with van der Waals surface area (Å²) >= 11 is 0. The topological polar surface area (TPSA) is 63.6 Å². The van der Waals surface area contributed by atoms with Gasteiger partial charge in [0.15, 0.2) is 9.84 Å². The van der Waals surface area contributed by atoms with E-state index in [-0.39, 0.29) is 18.1 Å². The van der Waals surface area contributed by atoms with Gasteiger partial charge in [0.2, 0.25) is 0 Å². The highest BCUT2D eigenvalue weighted by molar-refractivity contribution is 7.90. The van der Waals surface area contributed by atoms with Crippen molar-refractivity contribution in [2.45, 2.75) is 11.9 Å². The SMILES string of the molecule is C=CCOC[C@H](O)CS(=O)(=O)Cc1ccccc1. The lowest BCUT2D eigenvalue weighted by Gasteiger charge is -2.11. The number of ether oxygens (including phenoxy) is 1. The van der Waals surface area contributed by atoms with Crippen molar-refractivity contribution >= 4 is 9.84 Å². The Morgan fingerprint density at radius 3 is 2.61 bits per heavy atom. The highest BCUT2D eigenvalue weighted by Crippen LogP contribution is 2.07. The normalized spacial score (nSPS) is 13.2. The van der Waals surface area contributed by atoms with E-state index in [1.807, 2.05) is 6.07 Å². The van der Waals surface area contributed by atoms with Gasteiger partial charge in [-0.2, -0.15) is 0 Å². The standard InChI is InChI=1S/C13H18O4S/c1-2-8-17-9-13(14)11-18(15,16)10-12-6-4-3-5-7-12/h2-7,13-14H,1,8-11H2/t13-/m0/s1. The van der Waals surface area contributed by atoms with Crippen molar-refractivity contribution in [1.29, 1.82) is 0 Å². The third-order valence-electron chi connectivity index (χ3n) is 2.22. The van der Waals surface area contributed by atoms with Gasteiger partial charge in [0, 0.05) is 0 Å². The van der Waals surface area contributed by atoms with Crippen LogP contribution < -0.4 is 0 Å². The first-order valence-corrected chi connectivity index (χ1v) is 7.46. The Morgan fingerprint density at radius 2 is 2.00 bits per heavy atom. The summed E-state index contributed by atoms with van der Waals surface area (Å²) in [6.45, 7) is 3.76. The van der Waals surface area contributed by atoms with Gasteiger partial charge in [0.25, 0.3) is 0 Å². The molecule has 1 aromatic carbocycles. The van der Waals surface area contributed by atoms with Crippen LogP contribution in [0.4, 0.5) is 0 Å². The lowest BCUT2D eigenvalue weighted by Crippen LogP contribution is -2.26. The number of sulfone groups is 1. The smallest absolute Gasteiger partial charge is 0.157 e. The van der Waals surface area contributed by atoms with Crippen LogP contribution in [0.5, 0.6) is 0 Å². The fourth-order valence-corrected chi connectivity index (χ4v) is 3.02. The predicted octanol–water partition coefficient (Wildman–Crippen LogP) is 1.16. The van der Waals surface area contributed by atoms with Crippen LogP contribution in [0.1, 0.15) is 5.56 Å². The molecule has 0 amide bonds. The Morgan fingerprint density at radius 1 is 1.33 bits per heavy atom. The summed E-state index contributed by atoms with van der Waals surface area (Å²) in [6, 6.07) is 8.90. The van der Waals surface area contributed by atoms with Gasteiger partial charge in [0.1, 0.15) is 0 Å². The van der Waals surface area contributed by atoms with Crippen molar-refractivity contribution < 1.29 is 18.3 Å². The second-order valence-electron chi connectivity index (χ2n) is 4.02. The van der Waals surface area contributed by atoms with Crippen molar-refractivity contribution in [2.24, 2.45) is 0 Å². The number of rotatable bonds is 8. The highest BCUT2D eigenvalue weighted by Gasteiger charge is 2.17. The van der Waals surface area contributed by atoms with Crippen molar-refractivity contribution in [3.63, 3.8) is 0 Å². The zero-order chi connectivity index (χ0) is 13.4. The van der Waals surface area contributed by atoms with E-state index in [2.05, 4.69) is 6.58 Å². The van der Waals surface area contributed by atoms with Gasteiger partial charge in [-0.05, 0) is 5.56 Å². The minimum Gasteiger partial charge on any atom is -0.390 e. The Bertz CT molecular complexity index is 453. The fraction of sp³-hybridized carbons (Fsp3) is 0.385. The molecule has 18 heavy (non-hydrogen) atoms. The second kappa shape index (κ2) is 7.31. The average molecular weight is 270 g/mol. The Labute approximate surface area is 108 Å². The summed E-state index contributed by atoms with van der Waals surface area (Å²) < 4.78 is 28.6. The largest absolute Gasteiger partial charge is 0.390 e. The molecule has 0 saturated heterocycles. The summed E-state index contributed by atoms with van der Waals surface area (Å²) in [7, 11) is -3.33. The Kier molecular flexibility index (Phi) is 6.04. The van der Waals surface area contributed by atoms with Crippen LogP contribution in [0.2, 0.25) is 0 Å². The van der Waals surface area contributed by atoms with Gasteiger partial charge in [-0.3, -0.25) is 0 Å². The first-order valence-electron chi connectivity index (χ1n) is 5.64. The first-order chi connectivity index (χ1) is 8.53. The van der Waals surface area contributed by atoms with E-state index < -0.39 is 15.9 Å². The van der Waals surface area contributed by atoms with Crippen molar-refractivity contribution in [1.82, 2.24) is 0 Å². The van der Waals surface area contributed by atoms with E-state index in [4.69, 9.17) is 4.74 Å². The molecule has 0 spiro atoms. The predicted molar refractivity (Wildman–Crippen MR) is 71.0 cm³/mol. The van der Waals surface area contributed by atoms with Crippen molar-refractivity contribution in [2.75, 3.05) is 19.0 Å². The minimum absolute atomic E-state index is 0.0000394. The molecule has 4 nitrogen and oxygen atoms in total. The molecule has 1 atom stereocenters. The zero-order valence-corrected chi connectivity index (χ0v) is 11.0. The van der Waals surface area contributed by atoms with Crippen molar-refractivity contribution in [3.05, 3.63) is 48.6 Å². The highest BCUT2D eigenvalue weighted by atomic mass is 32.2. The second-order valence-corrected chi connectivity index (χ2v) is 6.13. The quantitative estimate of drug-likeness (QED) is 0.569. The van der Waals surface area contributed by atoms with E-state index in [1.165, 1.54) is 0 Å². The van der Waals surface area contributed by atoms with Crippen LogP contribution in [-0.4, -0.2) is 38.6 Å². The van der Waals surface area contributed by atoms with Crippen LogP contribution in [0, 0.1) is 0 Å². The lowest BCUT2D eigenvalue weighted by atomic mass is 10.2. The van der Waals surface area contributed by atoms with Gasteiger partial charge in [-0.1, -0.05) is 36.4 Å². The molecule has 0 bridgehead atoms. The van der Waals surface area contributed by atoms with E-state index in [0.29, 0.717) is 6.61 Å². The van der Waals surface area contributed by atoms with Crippen LogP contribution >= 0.6 is 0 Å². The molecule has 0 aliphatic carbocycles. The lowest BCUT2D eigenvalue weighted by molar-refractivity contribution is 0.0616. The van der Waals surface area contributed by atoms with Gasteiger partial charge >= 0.3 is 0 Å². The Balaban J connectivity index is 2.47. The van der Waals surface area contributed by atoms with Gasteiger partial charge in [-0.15, -0.1) is 6.58 Å². The maximum atomic E-state index is 11.8. The monoisotopic (exact) mass is 270 g/mol. The first kappa shape index (κ1) is 14.9. The number of benzene rings is 1. The summed E-state index contributed by atoms with van der Waals surface area (Å²) in [5, 5.41) is 9.55. The molecule has 1 N–H and O–H groups in total. The molecular weight excluding hydrogens is 252 g/mol. The van der Waals surface area contributed by atoms with Gasteiger partial charge < -0.3 is 9.84 Å². The molecule has 0 aliphatic rings. The molecule has 1 aromatic rings. The minimum atomic E-state index is -3.33. The van der Waals surface area contributed by atoms with Crippen molar-refractivity contribution in [3.8, 4) is 0 Å². The van der Waals surface area contributed by atoms with Crippen LogP contribution in [0.3, 0.4) is 0 Å². The molecule has 100 valence electrons. The summed E-state index contributed by atoms with van der Waals surface area (Å²) in [5.41, 5.74) is 0.719. The van der Waals surface area contributed by atoms with Crippen LogP contribution in [0.15, 0.2) is 43.0 Å². The van der Waals surface area contributed by atoms with E-state index in [0.717, 1.165) is 5.56 Å². The summed E-state index contributed by atoms with van der Waals surface area (Å²) in [5.74, 6) is -0.356. The molecule has 0 aromatic heterocycles. The maximum absolute atomic E-state index is 11.8. The molecule has 5 heteroatoms. The molecule has 0 saturated carbocycles. The number of hydrogen-bond acceptors (Lipinski definition) is 4. The molecule has 0 heterocycles. The van der Waals surface area contributed by atoms with E-state index >= 15 is 0 Å². The van der Waals surface area contributed by atoms with Crippen LogP contribution in [-0.2, 0) is 20.3 Å². The third-order valence-corrected chi connectivity index (χ3v) is 3.89. The third kappa shape index (κ3) is 5.95. The van der Waals surface area contributed by atoms with Crippen LogP contribution in [0.25, 0.3) is 0 Å². The van der Waals surface area contributed by atoms with E-state index in [1.54, 1.807) is 30.3 Å². The van der Waals surface area contributed by atoms with Gasteiger partial charge in [0.05, 0.1) is 30.8 Å². The summed E-state index contributed by atoms with van der Waals surface area (Å²) in [6.07, 6.45) is 0.546. The maximum Gasteiger partial charge on any atom is 0.157 e. The zero-order valence-electron chi connectivity index (χ0n) is 10.2. The number of hydrogen-bond donors (Lipinski definition) is 1.